The Bertz CT molecular complexity index is 1180. The molecule has 0 saturated carbocycles. The molecule has 178 valence electrons. The van der Waals surface area contributed by atoms with Crippen molar-refractivity contribution in [3.63, 3.8) is 0 Å². The van der Waals surface area contributed by atoms with Crippen LogP contribution in [0.2, 0.25) is 0 Å². The standard InChI is InChI=1S/C25H27N5O2.C2H6/c31-18-19-5-3-6-20(17-19)23-7-4-8-24-27-25(28-30(23)24)26-21-9-11-22(12-10-21)32-16-15-29-13-1-2-14-29;1-2/h3-12,17,31H,1-2,13-16,18H2,(H,26,28);1-2H3. The lowest BCUT2D eigenvalue weighted by Crippen LogP contribution is -2.25. The summed E-state index contributed by atoms with van der Waals surface area (Å²) >= 11 is 0. The summed E-state index contributed by atoms with van der Waals surface area (Å²) in [5.74, 6) is 1.39. The SMILES string of the molecule is CC.OCc1cccc(-c2cccc3nc(Nc4ccc(OCCN5CCCC5)cc4)nn23)c1. The fraction of sp³-hybridized carbons (Fsp3) is 0.333. The Kier molecular flexibility index (Phi) is 8.12. The first-order valence-corrected chi connectivity index (χ1v) is 12.1. The molecule has 3 heterocycles. The molecule has 2 aromatic heterocycles. The van der Waals surface area contributed by atoms with E-state index in [4.69, 9.17) is 4.74 Å². The summed E-state index contributed by atoms with van der Waals surface area (Å²) < 4.78 is 7.70. The number of fused-ring (bicyclic) bond motifs is 1. The molecule has 0 unspecified atom stereocenters. The highest BCUT2D eigenvalue weighted by atomic mass is 16.5. The average molecular weight is 460 g/mol. The topological polar surface area (TPSA) is 74.9 Å². The number of ether oxygens (including phenoxy) is 1. The number of hydrogen-bond donors (Lipinski definition) is 2. The Morgan fingerprint density at radius 3 is 2.50 bits per heavy atom. The van der Waals surface area contributed by atoms with Gasteiger partial charge in [0.15, 0.2) is 5.65 Å². The number of benzene rings is 2. The maximum absolute atomic E-state index is 9.45. The molecule has 0 bridgehead atoms. The lowest BCUT2D eigenvalue weighted by atomic mass is 10.1. The largest absolute Gasteiger partial charge is 0.492 e. The molecule has 0 aliphatic carbocycles. The zero-order valence-corrected chi connectivity index (χ0v) is 19.9. The number of aliphatic hydroxyl groups is 1. The zero-order chi connectivity index (χ0) is 23.8. The number of aromatic nitrogens is 3. The molecule has 0 atom stereocenters. The first kappa shape index (κ1) is 23.7. The van der Waals surface area contributed by atoms with Crippen LogP contribution in [0.15, 0.2) is 66.7 Å². The summed E-state index contributed by atoms with van der Waals surface area (Å²) in [6, 6.07) is 21.6. The Balaban J connectivity index is 0.00000133. The maximum Gasteiger partial charge on any atom is 0.247 e. The molecular weight excluding hydrogens is 426 g/mol. The van der Waals surface area contributed by atoms with Crippen molar-refractivity contribution in [2.45, 2.75) is 33.3 Å². The normalized spacial score (nSPS) is 13.5. The highest BCUT2D eigenvalue weighted by Gasteiger charge is 2.11. The summed E-state index contributed by atoms with van der Waals surface area (Å²) in [6.45, 7) is 8.07. The van der Waals surface area contributed by atoms with Gasteiger partial charge in [0.05, 0.1) is 12.3 Å². The minimum Gasteiger partial charge on any atom is -0.492 e. The second-order valence-corrected chi connectivity index (χ2v) is 8.02. The molecule has 4 aromatic rings. The van der Waals surface area contributed by atoms with Crippen molar-refractivity contribution < 1.29 is 9.84 Å². The van der Waals surface area contributed by atoms with E-state index in [1.807, 2.05) is 85.1 Å². The van der Waals surface area contributed by atoms with E-state index in [0.717, 1.165) is 40.4 Å². The predicted molar refractivity (Wildman–Crippen MR) is 137 cm³/mol. The molecule has 2 aromatic carbocycles. The minimum absolute atomic E-state index is 0.00590. The van der Waals surface area contributed by atoms with Gasteiger partial charge in [-0.1, -0.05) is 38.1 Å². The quantitative estimate of drug-likeness (QED) is 0.380. The van der Waals surface area contributed by atoms with Crippen LogP contribution in [0.1, 0.15) is 32.3 Å². The van der Waals surface area contributed by atoms with Crippen LogP contribution in [-0.2, 0) is 6.61 Å². The van der Waals surface area contributed by atoms with Crippen LogP contribution in [0.5, 0.6) is 5.75 Å². The van der Waals surface area contributed by atoms with Crippen molar-refractivity contribution in [3.8, 4) is 17.0 Å². The third kappa shape index (κ3) is 5.73. The van der Waals surface area contributed by atoms with E-state index in [9.17, 15) is 5.11 Å². The highest BCUT2D eigenvalue weighted by Crippen LogP contribution is 2.24. The smallest absolute Gasteiger partial charge is 0.247 e. The van der Waals surface area contributed by atoms with Gasteiger partial charge in [0, 0.05) is 17.8 Å². The van der Waals surface area contributed by atoms with Crippen LogP contribution in [0.3, 0.4) is 0 Å². The van der Waals surface area contributed by atoms with Crippen LogP contribution in [0.25, 0.3) is 16.9 Å². The van der Waals surface area contributed by atoms with E-state index >= 15 is 0 Å². The minimum atomic E-state index is 0.00590. The Morgan fingerprint density at radius 1 is 0.971 bits per heavy atom. The lowest BCUT2D eigenvalue weighted by Gasteiger charge is -2.15. The fourth-order valence-corrected chi connectivity index (χ4v) is 4.07. The van der Waals surface area contributed by atoms with Gasteiger partial charge in [-0.05, 0) is 74.0 Å². The molecule has 0 spiro atoms. The Labute approximate surface area is 201 Å². The average Bonchev–Trinajstić information content (AvgIpc) is 3.56. The lowest BCUT2D eigenvalue weighted by molar-refractivity contribution is 0.238. The number of pyridine rings is 1. The van der Waals surface area contributed by atoms with E-state index in [2.05, 4.69) is 20.3 Å². The van der Waals surface area contributed by atoms with E-state index < -0.39 is 0 Å². The number of likely N-dealkylation sites (tertiary alicyclic amines) is 1. The molecule has 1 fully saturated rings. The Morgan fingerprint density at radius 2 is 1.74 bits per heavy atom. The van der Waals surface area contributed by atoms with E-state index in [1.165, 1.54) is 25.9 Å². The fourth-order valence-electron chi connectivity index (χ4n) is 4.07. The van der Waals surface area contributed by atoms with Crippen molar-refractivity contribution in [1.82, 2.24) is 19.5 Å². The second kappa shape index (κ2) is 11.6. The zero-order valence-electron chi connectivity index (χ0n) is 19.9. The van der Waals surface area contributed by atoms with Gasteiger partial charge in [-0.3, -0.25) is 4.90 Å². The van der Waals surface area contributed by atoms with E-state index in [1.54, 1.807) is 0 Å². The molecular formula is C27H33N5O2. The van der Waals surface area contributed by atoms with Gasteiger partial charge >= 0.3 is 0 Å². The number of nitrogens with one attached hydrogen (secondary N) is 1. The summed E-state index contributed by atoms with van der Waals surface area (Å²) in [5, 5.41) is 17.4. The molecule has 1 saturated heterocycles. The van der Waals surface area contributed by atoms with Gasteiger partial charge in [-0.25, -0.2) is 4.52 Å². The summed E-state index contributed by atoms with van der Waals surface area (Å²) in [4.78, 5) is 7.05. The monoisotopic (exact) mass is 459 g/mol. The van der Waals surface area contributed by atoms with E-state index in [-0.39, 0.29) is 6.61 Å². The van der Waals surface area contributed by atoms with Crippen molar-refractivity contribution in [3.05, 3.63) is 72.3 Å². The van der Waals surface area contributed by atoms with Crippen LogP contribution in [0.4, 0.5) is 11.6 Å². The van der Waals surface area contributed by atoms with Crippen molar-refractivity contribution in [2.75, 3.05) is 31.6 Å². The van der Waals surface area contributed by atoms with Gasteiger partial charge in [0.2, 0.25) is 5.95 Å². The molecule has 2 N–H and O–H groups in total. The van der Waals surface area contributed by atoms with Crippen molar-refractivity contribution in [2.24, 2.45) is 0 Å². The number of rotatable bonds is 8. The van der Waals surface area contributed by atoms with Crippen LogP contribution in [0, 0.1) is 0 Å². The second-order valence-electron chi connectivity index (χ2n) is 8.02. The molecule has 34 heavy (non-hydrogen) atoms. The molecule has 7 nitrogen and oxygen atoms in total. The first-order chi connectivity index (χ1) is 16.8. The van der Waals surface area contributed by atoms with Crippen LogP contribution >= 0.6 is 0 Å². The van der Waals surface area contributed by atoms with Gasteiger partial charge < -0.3 is 15.2 Å². The number of anilines is 2. The third-order valence-electron chi connectivity index (χ3n) is 5.75. The van der Waals surface area contributed by atoms with Crippen molar-refractivity contribution in [1.29, 1.82) is 0 Å². The first-order valence-electron chi connectivity index (χ1n) is 12.1. The Hall–Kier alpha value is -3.42. The van der Waals surface area contributed by atoms with Crippen molar-refractivity contribution >= 4 is 17.3 Å². The number of nitrogens with zero attached hydrogens (tertiary/aromatic N) is 4. The third-order valence-corrected chi connectivity index (χ3v) is 5.75. The van der Waals surface area contributed by atoms with Gasteiger partial charge in [0.1, 0.15) is 12.4 Å². The number of hydrogen-bond acceptors (Lipinski definition) is 6. The maximum atomic E-state index is 9.45. The molecule has 1 aliphatic rings. The summed E-state index contributed by atoms with van der Waals surface area (Å²) in [7, 11) is 0. The molecule has 5 rings (SSSR count). The summed E-state index contributed by atoms with van der Waals surface area (Å²) in [5.41, 5.74) is 4.41. The van der Waals surface area contributed by atoms with Crippen LogP contribution < -0.4 is 10.1 Å². The molecule has 7 heteroatoms. The number of aliphatic hydroxyl groups excluding tert-OH is 1. The summed E-state index contributed by atoms with van der Waals surface area (Å²) in [6.07, 6.45) is 2.60. The molecule has 0 amide bonds. The van der Waals surface area contributed by atoms with Gasteiger partial charge in [-0.2, -0.15) is 4.98 Å². The van der Waals surface area contributed by atoms with Crippen LogP contribution in [-0.4, -0.2) is 50.8 Å². The predicted octanol–water partition coefficient (Wildman–Crippen LogP) is 5.13. The van der Waals surface area contributed by atoms with Gasteiger partial charge in [0.25, 0.3) is 0 Å². The highest BCUT2D eigenvalue weighted by molar-refractivity contribution is 5.65. The molecule has 0 radical (unpaired) electrons. The van der Waals surface area contributed by atoms with E-state index in [0.29, 0.717) is 12.6 Å². The van der Waals surface area contributed by atoms with Gasteiger partial charge in [-0.15, -0.1) is 5.10 Å². The molecule has 1 aliphatic heterocycles.